The number of esters is 2. The number of ether oxygens (including phenoxy) is 16. The van der Waals surface area contributed by atoms with Crippen LogP contribution in [0.5, 0.6) is 0 Å². The molecule has 0 bridgehead atoms. The molecule has 7 heterocycles. The summed E-state index contributed by atoms with van der Waals surface area (Å²) in [6, 6.07) is 0. The van der Waals surface area contributed by atoms with Gasteiger partial charge in [-0.15, -0.1) is 6.58 Å². The number of carbonyl (C=O) groups excluding carboxylic acids is 2. The Morgan fingerprint density at radius 3 is 1.68 bits per heavy atom. The molecule has 0 aromatic carbocycles. The molecule has 100 heavy (non-hydrogen) atoms. The Kier molecular flexibility index (Phi) is 23.9. The Hall–Kier alpha value is -2.70. The lowest BCUT2D eigenvalue weighted by molar-refractivity contribution is -0.394. The van der Waals surface area contributed by atoms with Gasteiger partial charge in [0.05, 0.1) is 50.7 Å². The Labute approximate surface area is 580 Å². The molecule has 11 aliphatic rings. The third-order valence-electron chi connectivity index (χ3n) is 24.6. The molecule has 572 valence electrons. The highest BCUT2D eigenvalue weighted by Crippen LogP contribution is 2.76. The molecule has 1 spiro atoms. The highest BCUT2D eigenvalue weighted by molar-refractivity contribution is 5.83. The van der Waals surface area contributed by atoms with Crippen LogP contribution in [0.1, 0.15) is 113 Å². The van der Waals surface area contributed by atoms with Crippen molar-refractivity contribution in [2.75, 3.05) is 47.3 Å². The molecule has 4 aliphatic carbocycles. The van der Waals surface area contributed by atoms with Gasteiger partial charge in [-0.3, -0.25) is 9.59 Å². The standard InChI is InChI=1S/C68H108O32/c1-27(2)20-30(90-29(4)72)21-67(9)39-15-18-66(8)32-12-13-38-64(5,6)40(16-17-65(38,7)31(32)14-19-68(39,66)63(84)100-67)95-62-56(44(77)37(26-88-62)94-59-50(83)55(43(76)36(24-71)91-59)98-61-49(82)54(86-11)42(75)35(23-70)93-61)99-58-46(79)45(78)51(28(3)89-58)96-57-47(80)52(33(73)25-87-57)97-60-48(81)53(85-10)41(74)34(22-69)92-60/h12,28,30-31,33-62,69-71,73-83H,1,13-26H2,2-11H3/t28?,30-,31?,33?,34?,35?,36?,37?,38?,39?,40-,41?,42?,43?,44?,45?,46?,47?,48?,49?,50?,51?,52?,53?,54?,55?,56?,57?,58?,59?,60?,61?,62?,65+,66-,67-,68?/m0/s1. The van der Waals surface area contributed by atoms with Gasteiger partial charge in [0.1, 0.15) is 140 Å². The number of carbonyl (C=O) groups is 2. The number of aliphatic hydroxyl groups is 14. The van der Waals surface area contributed by atoms with E-state index in [0.29, 0.717) is 38.5 Å². The normalized spacial score (nSPS) is 51.2. The summed E-state index contributed by atoms with van der Waals surface area (Å²) in [4.78, 5) is 27.1. The van der Waals surface area contributed by atoms with Crippen molar-refractivity contribution in [1.29, 1.82) is 0 Å². The van der Waals surface area contributed by atoms with E-state index in [0.717, 1.165) is 24.8 Å². The summed E-state index contributed by atoms with van der Waals surface area (Å²) in [5, 5.41) is 156. The zero-order chi connectivity index (χ0) is 72.8. The zero-order valence-corrected chi connectivity index (χ0v) is 58.3. The van der Waals surface area contributed by atoms with E-state index in [4.69, 9.17) is 75.8 Å². The van der Waals surface area contributed by atoms with Crippen LogP contribution in [-0.4, -0.2) is 321 Å². The average molecular weight is 1440 g/mol. The predicted molar refractivity (Wildman–Crippen MR) is 335 cm³/mol. The minimum absolute atomic E-state index is 0.0233. The molecule has 0 radical (unpaired) electrons. The summed E-state index contributed by atoms with van der Waals surface area (Å²) in [5.41, 5.74) is -1.06. The van der Waals surface area contributed by atoms with Gasteiger partial charge in [0, 0.05) is 45.3 Å². The van der Waals surface area contributed by atoms with Gasteiger partial charge in [-0.2, -0.15) is 0 Å². The zero-order valence-electron chi connectivity index (χ0n) is 58.3. The predicted octanol–water partition coefficient (Wildman–Crippen LogP) is -2.90. The number of rotatable bonds is 22. The van der Waals surface area contributed by atoms with Crippen LogP contribution in [-0.2, 0) is 85.4 Å². The number of hydrogen-bond acceptors (Lipinski definition) is 32. The van der Waals surface area contributed by atoms with E-state index < -0.39 is 245 Å². The van der Waals surface area contributed by atoms with Crippen molar-refractivity contribution in [3.63, 3.8) is 0 Å². The largest absolute Gasteiger partial charge is 0.462 e. The minimum Gasteiger partial charge on any atom is -0.462 e. The van der Waals surface area contributed by atoms with E-state index in [1.807, 2.05) is 13.8 Å². The SMILES string of the molecule is C=C(C)C[C@@H](C[C@]1(C)OC(=O)C23CCC4C(=CCC5C(C)(C)[C@@H](OC6OCC(OC7OC(CO)C(O)C(OC8OC(CO)C(O)C(OC)C8O)C7O)C(O)C6OC6OC(C)C(OC7OCC(O)C(OC8OC(CO)C(O)C(OC)C8O)C7O)C(O)C6O)CC[C@]45C)[C@]2(C)CCC31)OC(C)=O. The van der Waals surface area contributed by atoms with E-state index in [2.05, 4.69) is 40.3 Å². The first-order valence-corrected chi connectivity index (χ1v) is 35.1. The van der Waals surface area contributed by atoms with Crippen molar-refractivity contribution in [3.8, 4) is 0 Å². The van der Waals surface area contributed by atoms with Gasteiger partial charge in [0.2, 0.25) is 0 Å². The van der Waals surface area contributed by atoms with Gasteiger partial charge in [0.15, 0.2) is 37.7 Å². The first kappa shape index (κ1) is 78.4. The highest BCUT2D eigenvalue weighted by atomic mass is 16.8. The summed E-state index contributed by atoms with van der Waals surface area (Å²) in [6.07, 6.45) is -39.5. The van der Waals surface area contributed by atoms with Crippen LogP contribution in [0, 0.1) is 39.4 Å². The van der Waals surface area contributed by atoms with Crippen LogP contribution in [0.4, 0.5) is 0 Å². The van der Waals surface area contributed by atoms with Crippen LogP contribution in [0.25, 0.3) is 0 Å². The summed E-state index contributed by atoms with van der Waals surface area (Å²) in [7, 11) is 2.39. The lowest BCUT2D eigenvalue weighted by Gasteiger charge is -2.64. The smallest absolute Gasteiger partial charge is 0.313 e. The number of methoxy groups -OCH3 is 2. The Morgan fingerprint density at radius 1 is 0.570 bits per heavy atom. The van der Waals surface area contributed by atoms with Gasteiger partial charge < -0.3 is 147 Å². The first-order valence-electron chi connectivity index (χ1n) is 35.1. The molecule has 7 aliphatic heterocycles. The molecule has 37 atom stereocenters. The van der Waals surface area contributed by atoms with Crippen LogP contribution >= 0.6 is 0 Å². The van der Waals surface area contributed by atoms with E-state index in [-0.39, 0.29) is 29.1 Å². The van der Waals surface area contributed by atoms with Crippen LogP contribution in [0.2, 0.25) is 0 Å². The highest BCUT2D eigenvalue weighted by Gasteiger charge is 2.77. The second-order valence-corrected chi connectivity index (χ2v) is 31.0. The number of fused-ring (bicyclic) bond motifs is 4. The van der Waals surface area contributed by atoms with E-state index in [9.17, 15) is 81.1 Å². The van der Waals surface area contributed by atoms with Crippen LogP contribution in [0.3, 0.4) is 0 Å². The quantitative estimate of drug-likeness (QED) is 0.0382. The topological polar surface area (TPSA) is 465 Å². The maximum atomic E-state index is 14.8. The van der Waals surface area contributed by atoms with Gasteiger partial charge in [-0.1, -0.05) is 44.9 Å². The van der Waals surface area contributed by atoms with Crippen molar-refractivity contribution >= 4 is 11.9 Å². The van der Waals surface area contributed by atoms with Crippen molar-refractivity contribution in [2.45, 2.75) is 303 Å². The lowest BCUT2D eigenvalue weighted by atomic mass is 9.41. The summed E-state index contributed by atoms with van der Waals surface area (Å²) in [5.74, 6) is -0.702. The monoisotopic (exact) mass is 1440 g/mol. The molecular weight excluding hydrogens is 1330 g/mol. The fourth-order valence-electron chi connectivity index (χ4n) is 19.4. The molecule has 7 saturated heterocycles. The molecule has 0 aromatic rings. The number of cyclic esters (lactones) is 1. The van der Waals surface area contributed by atoms with E-state index >= 15 is 0 Å². The molecule has 3 saturated carbocycles. The van der Waals surface area contributed by atoms with Crippen molar-refractivity contribution in [1.82, 2.24) is 0 Å². The maximum absolute atomic E-state index is 14.8. The average Bonchev–Trinajstić information content (AvgIpc) is 1.46. The fraction of sp³-hybridized carbons (Fsp3) is 0.912. The van der Waals surface area contributed by atoms with Crippen molar-refractivity contribution < 1.29 is 157 Å². The molecule has 10 fully saturated rings. The molecule has 11 rings (SSSR count). The number of allylic oxidation sites excluding steroid dienone is 2. The van der Waals surface area contributed by atoms with Crippen LogP contribution < -0.4 is 0 Å². The van der Waals surface area contributed by atoms with Gasteiger partial charge in [-0.25, -0.2) is 0 Å². The number of aliphatic hydroxyl groups excluding tert-OH is 14. The molecule has 0 aromatic heterocycles. The van der Waals surface area contributed by atoms with Gasteiger partial charge >= 0.3 is 11.9 Å². The number of hydrogen-bond donors (Lipinski definition) is 14. The second kappa shape index (κ2) is 30.5. The lowest BCUT2D eigenvalue weighted by Crippen LogP contribution is -2.67. The third-order valence-corrected chi connectivity index (χ3v) is 24.6. The Balaban J connectivity index is 0.828. The first-order chi connectivity index (χ1) is 47.2. The molecule has 32 unspecified atom stereocenters. The third kappa shape index (κ3) is 13.9. The molecule has 0 amide bonds. The molecule has 32 heteroatoms. The summed E-state index contributed by atoms with van der Waals surface area (Å²) in [6.45, 7) is 16.2. The van der Waals surface area contributed by atoms with Crippen molar-refractivity contribution in [3.05, 3.63) is 23.8 Å². The Morgan fingerprint density at radius 2 is 1.10 bits per heavy atom. The van der Waals surface area contributed by atoms with Crippen LogP contribution in [0.15, 0.2) is 23.8 Å². The summed E-state index contributed by atoms with van der Waals surface area (Å²) < 4.78 is 96.1. The van der Waals surface area contributed by atoms with Gasteiger partial charge in [0.25, 0.3) is 0 Å². The second-order valence-electron chi connectivity index (χ2n) is 31.0. The van der Waals surface area contributed by atoms with E-state index in [1.165, 1.54) is 33.6 Å². The Bertz CT molecular complexity index is 2840. The molecule has 32 nitrogen and oxygen atoms in total. The van der Waals surface area contributed by atoms with E-state index in [1.54, 1.807) is 0 Å². The maximum Gasteiger partial charge on any atom is 0.313 e. The van der Waals surface area contributed by atoms with Crippen molar-refractivity contribution in [2.24, 2.45) is 39.4 Å². The molecule has 14 N–H and O–H groups in total. The minimum atomic E-state index is -2.03. The molecular formula is C68H108O32. The van der Waals surface area contributed by atoms with Gasteiger partial charge in [-0.05, 0) is 88.4 Å². The summed E-state index contributed by atoms with van der Waals surface area (Å²) >= 11 is 0. The fourth-order valence-corrected chi connectivity index (χ4v) is 19.4.